The van der Waals surface area contributed by atoms with Gasteiger partial charge in [0.15, 0.2) is 0 Å². The van der Waals surface area contributed by atoms with Crippen molar-refractivity contribution in [2.75, 3.05) is 40.3 Å². The number of aromatic nitrogens is 1. The number of likely N-dealkylation sites (N-methyl/N-ethyl adjacent to an activating group) is 1. The molecule has 0 saturated carbocycles. The van der Waals surface area contributed by atoms with Crippen molar-refractivity contribution in [3.8, 4) is 5.88 Å². The molecule has 0 unspecified atom stereocenters. The Bertz CT molecular complexity index is 400. The van der Waals surface area contributed by atoms with Crippen LogP contribution in [0.25, 0.3) is 0 Å². The average molecular weight is 235 g/mol. The van der Waals surface area contributed by atoms with Gasteiger partial charge in [0.05, 0.1) is 7.11 Å². The maximum atomic E-state index is 12.3. The van der Waals surface area contributed by atoms with Gasteiger partial charge in [0.2, 0.25) is 5.88 Å². The topological polar surface area (TPSA) is 45.7 Å². The molecule has 1 aliphatic rings. The summed E-state index contributed by atoms with van der Waals surface area (Å²) in [6, 6.07) is 3.51. The van der Waals surface area contributed by atoms with Crippen LogP contribution in [0.15, 0.2) is 18.3 Å². The van der Waals surface area contributed by atoms with Gasteiger partial charge in [0.1, 0.15) is 5.56 Å². The number of carbonyl (C=O) groups excluding carboxylic acids is 1. The smallest absolute Gasteiger partial charge is 0.259 e. The van der Waals surface area contributed by atoms with E-state index in [9.17, 15) is 4.79 Å². The molecular weight excluding hydrogens is 218 g/mol. The number of hydrogen-bond acceptors (Lipinski definition) is 4. The molecule has 2 rings (SSSR count). The normalized spacial score (nSPS) is 16.9. The first kappa shape index (κ1) is 11.9. The van der Waals surface area contributed by atoms with Gasteiger partial charge in [-0.25, -0.2) is 4.98 Å². The molecule has 1 aliphatic heterocycles. The van der Waals surface area contributed by atoms with Crippen molar-refractivity contribution in [2.45, 2.75) is 0 Å². The van der Waals surface area contributed by atoms with Gasteiger partial charge in [-0.1, -0.05) is 0 Å². The highest BCUT2D eigenvalue weighted by Gasteiger charge is 2.23. The SMILES string of the molecule is COc1ncccc1C(=O)N1CCN(C)CC1. The minimum atomic E-state index is 0.00282. The molecule has 1 aromatic rings. The van der Waals surface area contributed by atoms with E-state index >= 15 is 0 Å². The fraction of sp³-hybridized carbons (Fsp3) is 0.500. The molecule has 0 aliphatic carbocycles. The van der Waals surface area contributed by atoms with E-state index in [1.807, 2.05) is 4.90 Å². The Morgan fingerprint density at radius 3 is 2.71 bits per heavy atom. The number of hydrogen-bond donors (Lipinski definition) is 0. The summed E-state index contributed by atoms with van der Waals surface area (Å²) in [6.07, 6.45) is 1.62. The van der Waals surface area contributed by atoms with E-state index in [-0.39, 0.29) is 5.91 Å². The molecule has 0 aromatic carbocycles. The van der Waals surface area contributed by atoms with Crippen LogP contribution in [0, 0.1) is 0 Å². The van der Waals surface area contributed by atoms with Crippen molar-refractivity contribution >= 4 is 5.91 Å². The van der Waals surface area contributed by atoms with Crippen LogP contribution < -0.4 is 4.74 Å². The van der Waals surface area contributed by atoms with Gasteiger partial charge in [0, 0.05) is 32.4 Å². The van der Waals surface area contributed by atoms with E-state index in [1.165, 1.54) is 7.11 Å². The number of ether oxygens (including phenoxy) is 1. The second-order valence-electron chi connectivity index (χ2n) is 4.16. The summed E-state index contributed by atoms with van der Waals surface area (Å²) in [5, 5.41) is 0. The van der Waals surface area contributed by atoms with Crippen molar-refractivity contribution < 1.29 is 9.53 Å². The molecule has 1 amide bonds. The van der Waals surface area contributed by atoms with Gasteiger partial charge in [-0.3, -0.25) is 4.79 Å². The Hall–Kier alpha value is -1.62. The average Bonchev–Trinajstić information content (AvgIpc) is 2.39. The van der Waals surface area contributed by atoms with E-state index in [4.69, 9.17) is 4.74 Å². The van der Waals surface area contributed by atoms with Gasteiger partial charge in [-0.05, 0) is 19.2 Å². The molecule has 2 heterocycles. The van der Waals surface area contributed by atoms with Crippen molar-refractivity contribution in [3.63, 3.8) is 0 Å². The maximum absolute atomic E-state index is 12.3. The van der Waals surface area contributed by atoms with E-state index in [2.05, 4.69) is 16.9 Å². The lowest BCUT2D eigenvalue weighted by Gasteiger charge is -2.32. The van der Waals surface area contributed by atoms with Crippen LogP contribution in [0.5, 0.6) is 5.88 Å². The lowest BCUT2D eigenvalue weighted by Crippen LogP contribution is -2.47. The molecule has 0 atom stereocenters. The highest BCUT2D eigenvalue weighted by atomic mass is 16.5. The Kier molecular flexibility index (Phi) is 3.58. The van der Waals surface area contributed by atoms with Crippen LogP contribution in [0.3, 0.4) is 0 Å². The van der Waals surface area contributed by atoms with Crippen LogP contribution in [0.2, 0.25) is 0 Å². The molecule has 5 heteroatoms. The third kappa shape index (κ3) is 2.55. The van der Waals surface area contributed by atoms with Crippen LogP contribution in [-0.4, -0.2) is 61.0 Å². The van der Waals surface area contributed by atoms with E-state index in [0.717, 1.165) is 26.2 Å². The van der Waals surface area contributed by atoms with Crippen molar-refractivity contribution in [3.05, 3.63) is 23.9 Å². The molecule has 17 heavy (non-hydrogen) atoms. The van der Waals surface area contributed by atoms with Crippen molar-refractivity contribution in [1.82, 2.24) is 14.8 Å². The molecule has 0 radical (unpaired) electrons. The molecule has 5 nitrogen and oxygen atoms in total. The monoisotopic (exact) mass is 235 g/mol. The molecule has 1 saturated heterocycles. The lowest BCUT2D eigenvalue weighted by molar-refractivity contribution is 0.0660. The number of rotatable bonds is 2. The molecular formula is C12H17N3O2. The molecule has 92 valence electrons. The largest absolute Gasteiger partial charge is 0.480 e. The van der Waals surface area contributed by atoms with Crippen LogP contribution in [0.4, 0.5) is 0 Å². The van der Waals surface area contributed by atoms with Crippen LogP contribution in [-0.2, 0) is 0 Å². The standard InChI is InChI=1S/C12H17N3O2/c1-14-6-8-15(9-7-14)12(16)10-4-3-5-13-11(10)17-2/h3-5H,6-9H2,1-2H3. The van der Waals surface area contributed by atoms with Gasteiger partial charge in [-0.15, -0.1) is 0 Å². The molecule has 1 aromatic heterocycles. The van der Waals surface area contributed by atoms with Crippen molar-refractivity contribution in [2.24, 2.45) is 0 Å². The molecule has 0 spiro atoms. The highest BCUT2D eigenvalue weighted by molar-refractivity contribution is 5.96. The summed E-state index contributed by atoms with van der Waals surface area (Å²) in [6.45, 7) is 3.34. The first-order valence-corrected chi connectivity index (χ1v) is 5.69. The van der Waals surface area contributed by atoms with Gasteiger partial charge >= 0.3 is 0 Å². The zero-order valence-corrected chi connectivity index (χ0v) is 10.2. The quantitative estimate of drug-likeness (QED) is 0.748. The van der Waals surface area contributed by atoms with Crippen molar-refractivity contribution in [1.29, 1.82) is 0 Å². The first-order valence-electron chi connectivity index (χ1n) is 5.69. The second-order valence-corrected chi connectivity index (χ2v) is 4.16. The number of piperazine rings is 1. The third-order valence-electron chi connectivity index (χ3n) is 2.99. The van der Waals surface area contributed by atoms with E-state index in [0.29, 0.717) is 11.4 Å². The molecule has 0 N–H and O–H groups in total. The summed E-state index contributed by atoms with van der Waals surface area (Å²) in [7, 11) is 3.59. The summed E-state index contributed by atoms with van der Waals surface area (Å²) in [4.78, 5) is 20.4. The lowest BCUT2D eigenvalue weighted by atomic mass is 10.2. The minimum absolute atomic E-state index is 0.00282. The summed E-state index contributed by atoms with van der Waals surface area (Å²) >= 11 is 0. The van der Waals surface area contributed by atoms with Crippen LogP contribution in [0.1, 0.15) is 10.4 Å². The maximum Gasteiger partial charge on any atom is 0.259 e. The summed E-state index contributed by atoms with van der Waals surface area (Å²) in [5.41, 5.74) is 0.541. The number of methoxy groups -OCH3 is 1. The molecule has 1 fully saturated rings. The zero-order chi connectivity index (χ0) is 12.3. The Labute approximate surface area is 101 Å². The number of carbonyl (C=O) groups is 1. The number of pyridine rings is 1. The first-order chi connectivity index (χ1) is 8.22. The van der Waals surface area contributed by atoms with Gasteiger partial charge in [0.25, 0.3) is 5.91 Å². The van der Waals surface area contributed by atoms with E-state index in [1.54, 1.807) is 18.3 Å². The number of amides is 1. The van der Waals surface area contributed by atoms with Gasteiger partial charge in [-0.2, -0.15) is 0 Å². The molecule has 0 bridgehead atoms. The summed E-state index contributed by atoms with van der Waals surface area (Å²) < 4.78 is 5.11. The fourth-order valence-electron chi connectivity index (χ4n) is 1.90. The highest BCUT2D eigenvalue weighted by Crippen LogP contribution is 2.16. The second kappa shape index (κ2) is 5.14. The fourth-order valence-corrected chi connectivity index (χ4v) is 1.90. The number of nitrogens with zero attached hydrogens (tertiary/aromatic N) is 3. The predicted octanol–water partition coefficient (Wildman–Crippen LogP) is 0.478. The summed E-state index contributed by atoms with van der Waals surface area (Å²) in [5.74, 6) is 0.402. The zero-order valence-electron chi connectivity index (χ0n) is 10.2. The van der Waals surface area contributed by atoms with Crippen LogP contribution >= 0.6 is 0 Å². The third-order valence-corrected chi connectivity index (χ3v) is 2.99. The van der Waals surface area contributed by atoms with E-state index < -0.39 is 0 Å². The Balaban J connectivity index is 2.14. The predicted molar refractivity (Wildman–Crippen MR) is 64.2 cm³/mol. The minimum Gasteiger partial charge on any atom is -0.480 e. The van der Waals surface area contributed by atoms with Gasteiger partial charge < -0.3 is 14.5 Å². The Morgan fingerprint density at radius 1 is 1.35 bits per heavy atom. The Morgan fingerprint density at radius 2 is 2.06 bits per heavy atom.